The summed E-state index contributed by atoms with van der Waals surface area (Å²) in [4.78, 5) is 0. The molecule has 0 saturated heterocycles. The Hall–Kier alpha value is -2.90. The first-order valence-corrected chi connectivity index (χ1v) is 7.21. The molecule has 0 aliphatic carbocycles. The summed E-state index contributed by atoms with van der Waals surface area (Å²) in [6.07, 6.45) is -4.19. The van der Waals surface area contributed by atoms with Crippen LogP contribution in [-0.4, -0.2) is 20.6 Å². The Labute approximate surface area is 134 Å². The van der Waals surface area contributed by atoms with Gasteiger partial charge in [0.25, 0.3) is 0 Å². The Morgan fingerprint density at radius 1 is 1.12 bits per heavy atom. The van der Waals surface area contributed by atoms with Gasteiger partial charge in [0.2, 0.25) is 0 Å². The van der Waals surface area contributed by atoms with E-state index in [9.17, 15) is 13.2 Å². The van der Waals surface area contributed by atoms with Gasteiger partial charge in [-0.1, -0.05) is 24.3 Å². The van der Waals surface area contributed by atoms with Gasteiger partial charge in [-0.15, -0.1) is 5.10 Å². The van der Waals surface area contributed by atoms with Gasteiger partial charge < -0.3 is 4.74 Å². The monoisotopic (exact) mass is 332 g/mol. The van der Waals surface area contributed by atoms with E-state index in [4.69, 9.17) is 4.74 Å². The van der Waals surface area contributed by atoms with Crippen LogP contribution in [0.2, 0.25) is 0 Å². The van der Waals surface area contributed by atoms with Crippen molar-refractivity contribution < 1.29 is 17.9 Å². The van der Waals surface area contributed by atoms with Crippen molar-refractivity contribution in [2.75, 3.05) is 0 Å². The van der Waals surface area contributed by atoms with E-state index >= 15 is 0 Å². The van der Waals surface area contributed by atoms with E-state index < -0.39 is 11.7 Å². The molecule has 0 spiro atoms. The summed E-state index contributed by atoms with van der Waals surface area (Å²) in [7, 11) is 0. The van der Waals surface area contributed by atoms with Crippen molar-refractivity contribution >= 4 is 0 Å². The number of halogens is 3. The Kier molecular flexibility index (Phi) is 3.26. The number of rotatable bonds is 2. The Morgan fingerprint density at radius 2 is 2.00 bits per heavy atom. The standard InChI is InChI=1S/C16H11F3N4O/c17-16(18,19)12-5-4-10-7-13(24-14(10)8-12)9-2-1-3-11(6-9)15-20-22-23-21-15/h1-6,8,13H,7H2,(H,20,21,22,23). The lowest BCUT2D eigenvalue weighted by Gasteiger charge is -2.12. The minimum absolute atomic E-state index is 0.279. The lowest BCUT2D eigenvalue weighted by Crippen LogP contribution is -2.05. The average molecular weight is 332 g/mol. The molecule has 0 amide bonds. The van der Waals surface area contributed by atoms with Crippen LogP contribution in [0, 0.1) is 0 Å². The molecule has 5 nitrogen and oxygen atoms in total. The molecule has 3 aromatic rings. The van der Waals surface area contributed by atoms with E-state index in [-0.39, 0.29) is 11.9 Å². The lowest BCUT2D eigenvalue weighted by molar-refractivity contribution is -0.137. The highest BCUT2D eigenvalue weighted by Gasteiger charge is 2.33. The number of H-pyrrole nitrogens is 1. The van der Waals surface area contributed by atoms with E-state index in [1.807, 2.05) is 24.3 Å². The molecule has 1 N–H and O–H groups in total. The maximum atomic E-state index is 12.8. The molecule has 0 saturated carbocycles. The van der Waals surface area contributed by atoms with Crippen molar-refractivity contribution in [1.82, 2.24) is 20.6 Å². The normalized spacial score (nSPS) is 16.7. The van der Waals surface area contributed by atoms with Crippen LogP contribution >= 0.6 is 0 Å². The number of tetrazole rings is 1. The minimum atomic E-state index is -4.38. The number of ether oxygens (including phenoxy) is 1. The quantitative estimate of drug-likeness (QED) is 0.779. The molecule has 4 rings (SSSR count). The van der Waals surface area contributed by atoms with Crippen LogP contribution in [0.4, 0.5) is 13.2 Å². The van der Waals surface area contributed by atoms with Crippen LogP contribution < -0.4 is 4.74 Å². The third-order valence-electron chi connectivity index (χ3n) is 3.95. The van der Waals surface area contributed by atoms with Crippen molar-refractivity contribution in [3.8, 4) is 17.1 Å². The molecule has 0 fully saturated rings. The van der Waals surface area contributed by atoms with E-state index in [0.29, 0.717) is 12.2 Å². The second kappa shape index (κ2) is 5.33. The molecule has 8 heteroatoms. The summed E-state index contributed by atoms with van der Waals surface area (Å²) < 4.78 is 44.2. The highest BCUT2D eigenvalue weighted by Crippen LogP contribution is 2.40. The number of aromatic amines is 1. The van der Waals surface area contributed by atoms with Gasteiger partial charge in [0.05, 0.1) is 5.56 Å². The SMILES string of the molecule is FC(F)(F)c1ccc2c(c1)OC(c1cccc(-c3nnn[nH]3)c1)C2. The number of hydrogen-bond donors (Lipinski definition) is 1. The summed E-state index contributed by atoms with van der Waals surface area (Å²) in [5.74, 6) is 0.799. The highest BCUT2D eigenvalue weighted by atomic mass is 19.4. The first kappa shape index (κ1) is 14.7. The number of hydrogen-bond acceptors (Lipinski definition) is 4. The van der Waals surface area contributed by atoms with Crippen LogP contribution in [0.1, 0.15) is 22.8 Å². The second-order valence-corrected chi connectivity index (χ2v) is 5.51. The fourth-order valence-corrected chi connectivity index (χ4v) is 2.76. The summed E-state index contributed by atoms with van der Waals surface area (Å²) in [5, 5.41) is 13.6. The molecular formula is C16H11F3N4O. The molecule has 2 heterocycles. The molecule has 1 aliphatic rings. The second-order valence-electron chi connectivity index (χ2n) is 5.51. The van der Waals surface area contributed by atoms with Crippen LogP contribution in [0.3, 0.4) is 0 Å². The lowest BCUT2D eigenvalue weighted by atomic mass is 10.0. The molecule has 0 radical (unpaired) electrons. The predicted molar refractivity (Wildman–Crippen MR) is 78.1 cm³/mol. The molecule has 122 valence electrons. The first-order chi connectivity index (χ1) is 11.5. The van der Waals surface area contributed by atoms with Crippen LogP contribution in [0.25, 0.3) is 11.4 Å². The van der Waals surface area contributed by atoms with Crippen LogP contribution in [-0.2, 0) is 12.6 Å². The summed E-state index contributed by atoms with van der Waals surface area (Å²) in [5.41, 5.74) is 1.70. The van der Waals surface area contributed by atoms with Gasteiger partial charge in [-0.2, -0.15) is 13.2 Å². The zero-order valence-corrected chi connectivity index (χ0v) is 12.2. The number of nitrogens with one attached hydrogen (secondary N) is 1. The van der Waals surface area contributed by atoms with E-state index in [2.05, 4.69) is 20.6 Å². The maximum Gasteiger partial charge on any atom is 0.416 e. The summed E-state index contributed by atoms with van der Waals surface area (Å²) in [6, 6.07) is 11.0. The van der Waals surface area contributed by atoms with Gasteiger partial charge >= 0.3 is 6.18 Å². The topological polar surface area (TPSA) is 63.7 Å². The van der Waals surface area contributed by atoms with Crippen molar-refractivity contribution in [2.45, 2.75) is 18.7 Å². The summed E-state index contributed by atoms with van der Waals surface area (Å²) >= 11 is 0. The molecule has 0 bridgehead atoms. The zero-order valence-electron chi connectivity index (χ0n) is 12.2. The Bertz CT molecular complexity index is 877. The largest absolute Gasteiger partial charge is 0.485 e. The average Bonchev–Trinajstić information content (AvgIpc) is 3.23. The van der Waals surface area contributed by atoms with Gasteiger partial charge in [0.15, 0.2) is 5.82 Å². The number of aromatic nitrogens is 4. The fourth-order valence-electron chi connectivity index (χ4n) is 2.76. The van der Waals surface area contributed by atoms with Crippen LogP contribution in [0.5, 0.6) is 5.75 Å². The van der Waals surface area contributed by atoms with E-state index in [1.165, 1.54) is 6.07 Å². The molecular weight excluding hydrogens is 321 g/mol. The van der Waals surface area contributed by atoms with Gasteiger partial charge in [0, 0.05) is 12.0 Å². The minimum Gasteiger partial charge on any atom is -0.485 e. The number of alkyl halides is 3. The highest BCUT2D eigenvalue weighted by molar-refractivity contribution is 5.56. The van der Waals surface area contributed by atoms with Crippen molar-refractivity contribution in [3.05, 3.63) is 59.2 Å². The van der Waals surface area contributed by atoms with Gasteiger partial charge in [-0.25, -0.2) is 5.10 Å². The van der Waals surface area contributed by atoms with Crippen LogP contribution in [0.15, 0.2) is 42.5 Å². The van der Waals surface area contributed by atoms with Crippen molar-refractivity contribution in [3.63, 3.8) is 0 Å². The predicted octanol–water partition coefficient (Wildman–Crippen LogP) is 3.56. The third-order valence-corrected chi connectivity index (χ3v) is 3.95. The zero-order chi connectivity index (χ0) is 16.7. The smallest absolute Gasteiger partial charge is 0.416 e. The molecule has 1 aliphatic heterocycles. The van der Waals surface area contributed by atoms with E-state index in [0.717, 1.165) is 28.8 Å². The first-order valence-electron chi connectivity index (χ1n) is 7.21. The Balaban J connectivity index is 1.62. The maximum absolute atomic E-state index is 12.8. The van der Waals surface area contributed by atoms with E-state index in [1.54, 1.807) is 0 Å². The number of nitrogens with zero attached hydrogens (tertiary/aromatic N) is 3. The van der Waals surface area contributed by atoms with Crippen molar-refractivity contribution in [1.29, 1.82) is 0 Å². The third kappa shape index (κ3) is 2.60. The molecule has 1 aromatic heterocycles. The van der Waals surface area contributed by atoms with Crippen molar-refractivity contribution in [2.24, 2.45) is 0 Å². The number of fused-ring (bicyclic) bond motifs is 1. The fraction of sp³-hybridized carbons (Fsp3) is 0.188. The Morgan fingerprint density at radius 3 is 2.75 bits per heavy atom. The molecule has 1 unspecified atom stereocenters. The van der Waals surface area contributed by atoms with Gasteiger partial charge in [0.1, 0.15) is 11.9 Å². The summed E-state index contributed by atoms with van der Waals surface area (Å²) in [6.45, 7) is 0. The number of benzene rings is 2. The molecule has 24 heavy (non-hydrogen) atoms. The molecule has 1 atom stereocenters. The van der Waals surface area contributed by atoms with Gasteiger partial charge in [-0.05, 0) is 39.8 Å². The van der Waals surface area contributed by atoms with Gasteiger partial charge in [-0.3, -0.25) is 0 Å². The molecule has 2 aromatic carbocycles.